The molecule has 2 atom stereocenters. The minimum Gasteiger partial charge on any atom is -0.444 e. The van der Waals surface area contributed by atoms with Gasteiger partial charge in [0.25, 0.3) is 0 Å². The maximum absolute atomic E-state index is 12.1. The van der Waals surface area contributed by atoms with Gasteiger partial charge in [-0.05, 0) is 33.6 Å². The molecule has 0 saturated carbocycles. The van der Waals surface area contributed by atoms with E-state index in [1.165, 1.54) is 11.3 Å². The molecule has 1 aromatic heterocycles. The molecule has 1 saturated heterocycles. The first-order chi connectivity index (χ1) is 8.88. The number of aliphatic hydroxyl groups excluding tert-OH is 1. The van der Waals surface area contributed by atoms with Gasteiger partial charge in [0.1, 0.15) is 16.7 Å². The Kier molecular flexibility index (Phi) is 4.10. The summed E-state index contributed by atoms with van der Waals surface area (Å²) in [5.41, 5.74) is -0.518. The van der Waals surface area contributed by atoms with Gasteiger partial charge < -0.3 is 14.7 Å². The number of aliphatic hydroxyl groups is 1. The molecule has 1 amide bonds. The van der Waals surface area contributed by atoms with E-state index in [2.05, 4.69) is 4.98 Å². The number of ether oxygens (including phenoxy) is 1. The number of carbonyl (C=O) groups excluding carboxylic acids is 1. The first kappa shape index (κ1) is 14.3. The average molecular weight is 284 g/mol. The SMILES string of the molecule is CC(C)(C)OC(=O)N1CCC[C@@H]1[C@@H](O)c1nccs1. The summed E-state index contributed by atoms with van der Waals surface area (Å²) in [6.07, 6.45) is 2.24. The van der Waals surface area contributed by atoms with Gasteiger partial charge in [-0.3, -0.25) is 0 Å². The van der Waals surface area contributed by atoms with Crippen LogP contribution in [0, 0.1) is 0 Å². The maximum atomic E-state index is 12.1. The molecule has 0 bridgehead atoms. The molecule has 1 aromatic rings. The van der Waals surface area contributed by atoms with Crippen LogP contribution in [0.5, 0.6) is 0 Å². The van der Waals surface area contributed by atoms with Crippen molar-refractivity contribution in [2.24, 2.45) is 0 Å². The monoisotopic (exact) mass is 284 g/mol. The van der Waals surface area contributed by atoms with E-state index < -0.39 is 11.7 Å². The third-order valence-corrected chi connectivity index (χ3v) is 3.84. The van der Waals surface area contributed by atoms with Gasteiger partial charge in [0, 0.05) is 18.1 Å². The molecule has 1 fully saturated rings. The molecule has 0 unspecified atom stereocenters. The first-order valence-electron chi connectivity index (χ1n) is 6.45. The second-order valence-corrected chi connectivity index (χ2v) is 6.62. The first-order valence-corrected chi connectivity index (χ1v) is 7.33. The van der Waals surface area contributed by atoms with Crippen LogP contribution in [-0.2, 0) is 4.74 Å². The van der Waals surface area contributed by atoms with Crippen LogP contribution < -0.4 is 0 Å². The van der Waals surface area contributed by atoms with Crippen molar-refractivity contribution in [2.75, 3.05) is 6.54 Å². The van der Waals surface area contributed by atoms with Gasteiger partial charge in [-0.25, -0.2) is 9.78 Å². The summed E-state index contributed by atoms with van der Waals surface area (Å²) in [6, 6.07) is -0.235. The Balaban J connectivity index is 2.06. The summed E-state index contributed by atoms with van der Waals surface area (Å²) in [5.74, 6) is 0. The molecular formula is C13H20N2O3S. The van der Waals surface area contributed by atoms with Crippen molar-refractivity contribution in [3.8, 4) is 0 Å². The van der Waals surface area contributed by atoms with Crippen molar-refractivity contribution < 1.29 is 14.6 Å². The predicted molar refractivity (Wildman–Crippen MR) is 73.0 cm³/mol. The zero-order valence-electron chi connectivity index (χ0n) is 11.5. The van der Waals surface area contributed by atoms with E-state index in [4.69, 9.17) is 4.74 Å². The Labute approximate surface area is 117 Å². The number of hydrogen-bond donors (Lipinski definition) is 1. The lowest BCUT2D eigenvalue weighted by Gasteiger charge is -2.30. The van der Waals surface area contributed by atoms with Crippen LogP contribution in [0.15, 0.2) is 11.6 Å². The Morgan fingerprint density at radius 3 is 2.95 bits per heavy atom. The highest BCUT2D eigenvalue weighted by Gasteiger charge is 2.37. The lowest BCUT2D eigenvalue weighted by atomic mass is 10.1. The largest absolute Gasteiger partial charge is 0.444 e. The van der Waals surface area contributed by atoms with Crippen molar-refractivity contribution in [2.45, 2.75) is 51.4 Å². The lowest BCUT2D eigenvalue weighted by Crippen LogP contribution is -2.42. The molecule has 6 heteroatoms. The lowest BCUT2D eigenvalue weighted by molar-refractivity contribution is 0.00487. The summed E-state index contributed by atoms with van der Waals surface area (Å²) in [6.45, 7) is 6.15. The van der Waals surface area contributed by atoms with Gasteiger partial charge >= 0.3 is 6.09 Å². The van der Waals surface area contributed by atoms with E-state index in [1.807, 2.05) is 26.2 Å². The number of aromatic nitrogens is 1. The van der Waals surface area contributed by atoms with Crippen LogP contribution in [0.4, 0.5) is 4.79 Å². The molecule has 0 spiro atoms. The van der Waals surface area contributed by atoms with Crippen LogP contribution in [0.1, 0.15) is 44.7 Å². The molecule has 5 nitrogen and oxygen atoms in total. The van der Waals surface area contributed by atoms with Gasteiger partial charge in [-0.2, -0.15) is 0 Å². The Bertz CT molecular complexity index is 428. The number of thiazole rings is 1. The number of rotatable bonds is 2. The second-order valence-electron chi connectivity index (χ2n) is 5.70. The molecule has 1 aliphatic heterocycles. The van der Waals surface area contributed by atoms with Crippen LogP contribution in [0.2, 0.25) is 0 Å². The number of amides is 1. The van der Waals surface area contributed by atoms with E-state index >= 15 is 0 Å². The second kappa shape index (κ2) is 5.46. The van der Waals surface area contributed by atoms with Crippen molar-refractivity contribution in [1.82, 2.24) is 9.88 Å². The Morgan fingerprint density at radius 1 is 1.63 bits per heavy atom. The molecule has 0 radical (unpaired) electrons. The number of nitrogens with zero attached hydrogens (tertiary/aromatic N) is 2. The molecule has 0 aromatic carbocycles. The van der Waals surface area contributed by atoms with Gasteiger partial charge in [-0.15, -0.1) is 11.3 Å². The molecule has 1 aliphatic rings. The van der Waals surface area contributed by atoms with Gasteiger partial charge in [0.15, 0.2) is 0 Å². The molecule has 1 N–H and O–H groups in total. The molecule has 0 aliphatic carbocycles. The van der Waals surface area contributed by atoms with Gasteiger partial charge in [-0.1, -0.05) is 0 Å². The van der Waals surface area contributed by atoms with Crippen molar-refractivity contribution in [3.05, 3.63) is 16.6 Å². The minimum atomic E-state index is -0.727. The minimum absolute atomic E-state index is 0.235. The highest BCUT2D eigenvalue weighted by Crippen LogP contribution is 2.31. The Hall–Kier alpha value is -1.14. The highest BCUT2D eigenvalue weighted by atomic mass is 32.1. The van der Waals surface area contributed by atoms with E-state index in [0.717, 1.165) is 12.8 Å². The van der Waals surface area contributed by atoms with Crippen molar-refractivity contribution in [1.29, 1.82) is 0 Å². The molecular weight excluding hydrogens is 264 g/mol. The zero-order valence-corrected chi connectivity index (χ0v) is 12.3. The third kappa shape index (κ3) is 3.45. The summed E-state index contributed by atoms with van der Waals surface area (Å²) in [5, 5.41) is 12.8. The van der Waals surface area contributed by atoms with Gasteiger partial charge in [0.2, 0.25) is 0 Å². The molecule has 106 valence electrons. The van der Waals surface area contributed by atoms with Crippen LogP contribution >= 0.6 is 11.3 Å². The standard InChI is InChI=1S/C13H20N2O3S/c1-13(2,3)18-12(17)15-7-4-5-9(15)10(16)11-14-6-8-19-11/h6,8-10,16H,4-5,7H2,1-3H3/t9-,10-/m1/s1. The fourth-order valence-corrected chi connectivity index (χ4v) is 2.89. The zero-order chi connectivity index (χ0) is 14.0. The number of hydrogen-bond acceptors (Lipinski definition) is 5. The summed E-state index contributed by atoms with van der Waals surface area (Å²) in [7, 11) is 0. The predicted octanol–water partition coefficient (Wildman–Crippen LogP) is 2.58. The van der Waals surface area contributed by atoms with Crippen LogP contribution in [0.3, 0.4) is 0 Å². The van der Waals surface area contributed by atoms with E-state index in [1.54, 1.807) is 11.1 Å². The van der Waals surface area contributed by atoms with Gasteiger partial charge in [0.05, 0.1) is 6.04 Å². The molecule has 19 heavy (non-hydrogen) atoms. The number of carbonyl (C=O) groups is 1. The average Bonchev–Trinajstić information content (AvgIpc) is 2.97. The fraction of sp³-hybridized carbons (Fsp3) is 0.692. The smallest absolute Gasteiger partial charge is 0.410 e. The summed E-state index contributed by atoms with van der Waals surface area (Å²) < 4.78 is 5.38. The summed E-state index contributed by atoms with van der Waals surface area (Å²) >= 11 is 1.40. The maximum Gasteiger partial charge on any atom is 0.410 e. The topological polar surface area (TPSA) is 62.7 Å². The molecule has 2 heterocycles. The van der Waals surface area contributed by atoms with E-state index in [9.17, 15) is 9.90 Å². The quantitative estimate of drug-likeness (QED) is 0.906. The summed E-state index contributed by atoms with van der Waals surface area (Å²) in [4.78, 5) is 17.9. The van der Waals surface area contributed by atoms with E-state index in [0.29, 0.717) is 11.6 Å². The normalized spacial score (nSPS) is 21.5. The van der Waals surface area contributed by atoms with E-state index in [-0.39, 0.29) is 12.1 Å². The molecule has 2 rings (SSSR count). The van der Waals surface area contributed by atoms with Crippen molar-refractivity contribution in [3.63, 3.8) is 0 Å². The van der Waals surface area contributed by atoms with Crippen LogP contribution in [-0.4, -0.2) is 39.3 Å². The van der Waals surface area contributed by atoms with Crippen molar-refractivity contribution >= 4 is 17.4 Å². The van der Waals surface area contributed by atoms with Crippen LogP contribution in [0.25, 0.3) is 0 Å². The fourth-order valence-electron chi connectivity index (χ4n) is 2.21. The highest BCUT2D eigenvalue weighted by molar-refractivity contribution is 7.09. The number of likely N-dealkylation sites (tertiary alicyclic amines) is 1. The Morgan fingerprint density at radius 2 is 2.37 bits per heavy atom. The third-order valence-electron chi connectivity index (χ3n) is 3.00.